The van der Waals surface area contributed by atoms with Crippen molar-refractivity contribution in [3.63, 3.8) is 0 Å². The summed E-state index contributed by atoms with van der Waals surface area (Å²) >= 11 is 0. The molecule has 0 aliphatic heterocycles. The molecule has 3 aliphatic carbocycles. The zero-order valence-electron chi connectivity index (χ0n) is 41.3. The highest BCUT2D eigenvalue weighted by Crippen LogP contribution is 2.61. The number of benzene rings is 10. The van der Waals surface area contributed by atoms with Gasteiger partial charge < -0.3 is 4.90 Å². The maximum atomic E-state index is 17.1. The van der Waals surface area contributed by atoms with Crippen molar-refractivity contribution in [2.45, 2.75) is 30.1 Å². The van der Waals surface area contributed by atoms with Crippen molar-refractivity contribution in [3.05, 3.63) is 315 Å². The van der Waals surface area contributed by atoms with Gasteiger partial charge in [-0.05, 0) is 150 Å². The Kier molecular flexibility index (Phi) is 10.5. The molecule has 0 heterocycles. The van der Waals surface area contributed by atoms with E-state index in [9.17, 15) is 0 Å². The summed E-state index contributed by atoms with van der Waals surface area (Å²) in [7, 11) is 0. The van der Waals surface area contributed by atoms with Crippen LogP contribution in [0, 0.1) is 34.9 Å². The zero-order valence-corrected chi connectivity index (χ0v) is 41.3. The minimum atomic E-state index is -1.73. The summed E-state index contributed by atoms with van der Waals surface area (Å²) in [6, 6.07) is 59.1. The van der Waals surface area contributed by atoms with E-state index in [-0.39, 0.29) is 0 Å². The van der Waals surface area contributed by atoms with Gasteiger partial charge in [-0.1, -0.05) is 179 Å². The van der Waals surface area contributed by atoms with E-state index < -0.39 is 62.3 Å². The maximum absolute atomic E-state index is 17.1. The van der Waals surface area contributed by atoms with E-state index in [1.54, 1.807) is 36.4 Å². The highest BCUT2D eigenvalue weighted by molar-refractivity contribution is 5.93. The minimum Gasteiger partial charge on any atom is -0.310 e. The highest BCUT2D eigenvalue weighted by Gasteiger charge is 2.52. The summed E-state index contributed by atoms with van der Waals surface area (Å²) in [5.41, 5.74) is 8.83. The average molecular weight is 1000 g/mol. The number of fused-ring (bicyclic) bond motifs is 9. The Balaban J connectivity index is 1.13. The molecular weight excluding hydrogens is 957 g/mol. The second kappa shape index (κ2) is 17.1. The lowest BCUT2D eigenvalue weighted by Crippen LogP contribution is -2.32. The second-order valence-electron chi connectivity index (χ2n) is 20.4. The van der Waals surface area contributed by atoms with Gasteiger partial charge >= 0.3 is 0 Å². The minimum absolute atomic E-state index is 0.439. The van der Waals surface area contributed by atoms with Crippen LogP contribution in [-0.4, -0.2) is 0 Å². The fourth-order valence-corrected chi connectivity index (χ4v) is 13.0. The fourth-order valence-electron chi connectivity index (χ4n) is 13.0. The topological polar surface area (TPSA) is 3.24 Å². The van der Waals surface area contributed by atoms with Crippen LogP contribution in [0.5, 0.6) is 0 Å². The first-order valence-electron chi connectivity index (χ1n) is 25.1. The molecule has 0 amide bonds. The summed E-state index contributed by atoms with van der Waals surface area (Å²) in [5.74, 6) is -6.88. The Morgan fingerprint density at radius 2 is 0.671 bits per heavy atom. The standard InChI is InChI=1S/C69H45F6N/c1-5-40-19-23-42(24-20-40)68(63-59(70)33-35-61(72)65(63)74)54-17-11-8-14-48(54)51-31-28-45(38-57(51)68)76(44-27-30-50-47-13-7-10-16-53(47)67(3,4)56(50)37-44)46-29-32-52-49-15-9-12-18-55(49)69(58(52)39-46,43-25-21-41(6-2)22-26-43)64-60(71)34-36-62(73)66(64)75/h5-39H,1-2H2,3-4H3. The number of hydrogen-bond donors (Lipinski definition) is 0. The average Bonchev–Trinajstić information content (AvgIpc) is 4.17. The van der Waals surface area contributed by atoms with E-state index in [1.165, 1.54) is 0 Å². The van der Waals surface area contributed by atoms with Crippen molar-refractivity contribution >= 4 is 29.2 Å². The third kappa shape index (κ3) is 6.35. The third-order valence-corrected chi connectivity index (χ3v) is 16.4. The van der Waals surface area contributed by atoms with Gasteiger partial charge in [0.1, 0.15) is 11.6 Å². The Morgan fingerprint density at radius 1 is 0.342 bits per heavy atom. The predicted octanol–water partition coefficient (Wildman–Crippen LogP) is 18.3. The summed E-state index contributed by atoms with van der Waals surface area (Å²) in [5, 5.41) is 0. The Bertz CT molecular complexity index is 3890. The van der Waals surface area contributed by atoms with E-state index in [2.05, 4.69) is 51.3 Å². The lowest BCUT2D eigenvalue weighted by Gasteiger charge is -2.36. The molecule has 13 rings (SSSR count). The van der Waals surface area contributed by atoms with Crippen molar-refractivity contribution in [1.82, 2.24) is 0 Å². The molecule has 0 bridgehead atoms. The molecule has 2 atom stereocenters. The smallest absolute Gasteiger partial charge is 0.166 e. The molecule has 0 spiro atoms. The number of rotatable bonds is 9. The van der Waals surface area contributed by atoms with Crippen LogP contribution < -0.4 is 4.90 Å². The van der Waals surface area contributed by atoms with Gasteiger partial charge in [-0.3, -0.25) is 0 Å². The monoisotopic (exact) mass is 1000 g/mol. The van der Waals surface area contributed by atoms with Gasteiger partial charge in [0.15, 0.2) is 23.3 Å². The van der Waals surface area contributed by atoms with Crippen LogP contribution in [-0.2, 0) is 16.2 Å². The van der Waals surface area contributed by atoms with Gasteiger partial charge in [-0.15, -0.1) is 0 Å². The van der Waals surface area contributed by atoms with E-state index in [4.69, 9.17) is 0 Å². The molecule has 76 heavy (non-hydrogen) atoms. The first-order chi connectivity index (χ1) is 36.8. The molecule has 0 aromatic heterocycles. The van der Waals surface area contributed by atoms with Gasteiger partial charge in [-0.2, -0.15) is 0 Å². The summed E-state index contributed by atoms with van der Waals surface area (Å²) in [6.45, 7) is 12.3. The quantitative estimate of drug-likeness (QED) is 0.103. The molecule has 10 aromatic rings. The van der Waals surface area contributed by atoms with Crippen LogP contribution in [0.15, 0.2) is 213 Å². The van der Waals surface area contributed by atoms with Crippen LogP contribution in [0.2, 0.25) is 0 Å². The number of halogens is 6. The van der Waals surface area contributed by atoms with Crippen LogP contribution >= 0.6 is 0 Å². The second-order valence-corrected chi connectivity index (χ2v) is 20.4. The van der Waals surface area contributed by atoms with Gasteiger partial charge in [0.2, 0.25) is 0 Å². The van der Waals surface area contributed by atoms with Crippen molar-refractivity contribution in [2.24, 2.45) is 0 Å². The van der Waals surface area contributed by atoms with E-state index in [0.29, 0.717) is 72.7 Å². The normalized spacial score (nSPS) is 17.0. The Labute approximate surface area is 437 Å². The molecule has 0 saturated heterocycles. The molecule has 1 nitrogen and oxygen atoms in total. The number of hydrogen-bond acceptors (Lipinski definition) is 1. The highest BCUT2D eigenvalue weighted by atomic mass is 19.2. The van der Waals surface area contributed by atoms with Crippen LogP contribution in [0.25, 0.3) is 45.5 Å². The van der Waals surface area contributed by atoms with Crippen molar-refractivity contribution in [3.8, 4) is 33.4 Å². The molecule has 3 aliphatic rings. The Morgan fingerprint density at radius 3 is 1.08 bits per heavy atom. The van der Waals surface area contributed by atoms with Crippen molar-refractivity contribution < 1.29 is 26.3 Å². The molecule has 368 valence electrons. The largest absolute Gasteiger partial charge is 0.310 e. The van der Waals surface area contributed by atoms with Gasteiger partial charge in [0, 0.05) is 33.6 Å². The first kappa shape index (κ1) is 46.8. The van der Waals surface area contributed by atoms with Crippen LogP contribution in [0.1, 0.15) is 80.6 Å². The maximum Gasteiger partial charge on any atom is 0.166 e. The van der Waals surface area contributed by atoms with E-state index in [0.717, 1.165) is 57.6 Å². The molecule has 0 saturated carbocycles. The predicted molar refractivity (Wildman–Crippen MR) is 293 cm³/mol. The lowest BCUT2D eigenvalue weighted by molar-refractivity contribution is 0.464. The lowest BCUT2D eigenvalue weighted by atomic mass is 9.67. The van der Waals surface area contributed by atoms with Gasteiger partial charge in [0.05, 0.1) is 10.8 Å². The zero-order chi connectivity index (χ0) is 52.4. The van der Waals surface area contributed by atoms with E-state index in [1.807, 2.05) is 132 Å². The Hall–Kier alpha value is -8.94. The first-order valence-corrected chi connectivity index (χ1v) is 25.1. The molecule has 7 heteroatoms. The van der Waals surface area contributed by atoms with E-state index >= 15 is 26.3 Å². The van der Waals surface area contributed by atoms with Gasteiger partial charge in [0.25, 0.3) is 0 Å². The molecule has 0 N–H and O–H groups in total. The summed E-state index contributed by atoms with van der Waals surface area (Å²) in [6.07, 6.45) is 3.36. The third-order valence-electron chi connectivity index (χ3n) is 16.4. The molecule has 0 radical (unpaired) electrons. The summed E-state index contributed by atoms with van der Waals surface area (Å²) in [4.78, 5) is 2.04. The van der Waals surface area contributed by atoms with Gasteiger partial charge in [-0.25, -0.2) is 26.3 Å². The SMILES string of the molecule is C=Cc1ccc(C2(c3c(F)ccc(F)c3F)c3ccccc3-c3ccc(N(c4ccc5c(c4)C(C)(C)c4ccccc4-5)c4ccc5c(c4)C(c4ccc(C=C)cc4)(c4c(F)ccc(F)c4F)c4ccccc4-5)cc32)cc1. The van der Waals surface area contributed by atoms with Crippen LogP contribution in [0.3, 0.4) is 0 Å². The van der Waals surface area contributed by atoms with Crippen molar-refractivity contribution in [2.75, 3.05) is 4.90 Å². The summed E-state index contributed by atoms with van der Waals surface area (Å²) < 4.78 is 100. The number of anilines is 3. The fraction of sp³-hybridized carbons (Fsp3) is 0.0725. The molecule has 10 aromatic carbocycles. The van der Waals surface area contributed by atoms with Crippen LogP contribution in [0.4, 0.5) is 43.4 Å². The van der Waals surface area contributed by atoms with Crippen molar-refractivity contribution in [1.29, 1.82) is 0 Å². The molecule has 0 fully saturated rings. The number of nitrogens with zero attached hydrogens (tertiary/aromatic N) is 1. The molecular formula is C69H45F6N. The molecule has 2 unspecified atom stereocenters.